The maximum Gasteiger partial charge on any atom is 4.00 e. The molecule has 4 aromatic carbocycles. The predicted molar refractivity (Wildman–Crippen MR) is 124 cm³/mol. The van der Waals surface area contributed by atoms with Crippen LogP contribution in [0.1, 0.15) is 42.9 Å². The molecule has 5 rings (SSSR count). The fourth-order valence-electron chi connectivity index (χ4n) is 3.88. The Morgan fingerprint density at radius 3 is 2.17 bits per heavy atom. The second-order valence-corrected chi connectivity index (χ2v) is 8.89. The van der Waals surface area contributed by atoms with Crippen molar-refractivity contribution in [2.75, 3.05) is 0 Å². The van der Waals surface area contributed by atoms with Crippen molar-refractivity contribution in [2.24, 2.45) is 0 Å². The van der Waals surface area contributed by atoms with E-state index in [1.165, 1.54) is 46.4 Å². The Kier molecular flexibility index (Phi) is 14.1. The van der Waals surface area contributed by atoms with Gasteiger partial charge in [0.15, 0.2) is 0 Å². The molecule has 0 N–H and O–H groups in total. The van der Waals surface area contributed by atoms with E-state index < -0.39 is 0 Å². The van der Waals surface area contributed by atoms with Crippen LogP contribution in [0, 0.1) is 0 Å². The van der Waals surface area contributed by atoms with Gasteiger partial charge in [0.2, 0.25) is 0 Å². The van der Waals surface area contributed by atoms with Crippen LogP contribution in [-0.4, -0.2) is 9.52 Å². The standard InChI is InChI=1S/C12H11.C12H13.C2H7Si.2ClH.Zr/c1-3-9-7-11-5-2-6-12(11)8-10(9)4-1;1-9(2)11-8-7-10-5-3-4-6-12(10)11;1-3-2;;;/h1,3-4,7-8H,2,5-6H2;3-9H,1-2H3;3H,1-2H3;2*1H;/q2*-1;;;;+4/p-2. The molecule has 1 aliphatic carbocycles. The molecule has 0 bridgehead atoms. The van der Waals surface area contributed by atoms with Crippen LogP contribution in [0.25, 0.3) is 21.5 Å². The number of benzene rings is 2. The fourth-order valence-corrected chi connectivity index (χ4v) is 3.88. The van der Waals surface area contributed by atoms with Crippen LogP contribution in [-0.2, 0) is 39.0 Å². The zero-order valence-electron chi connectivity index (χ0n) is 18.4. The maximum atomic E-state index is 2.36. The number of fused-ring (bicyclic) bond motifs is 3. The van der Waals surface area contributed by atoms with E-state index in [0.29, 0.717) is 5.92 Å². The largest absolute Gasteiger partial charge is 4.00 e. The van der Waals surface area contributed by atoms with Gasteiger partial charge in [0, 0.05) is 9.52 Å². The number of aryl methyl sites for hydroxylation is 2. The summed E-state index contributed by atoms with van der Waals surface area (Å²) in [6.07, 6.45) is 3.93. The zero-order valence-corrected chi connectivity index (χ0v) is 23.5. The topological polar surface area (TPSA) is 0 Å². The molecule has 0 atom stereocenters. The molecule has 0 saturated carbocycles. The summed E-state index contributed by atoms with van der Waals surface area (Å²) in [5.41, 5.74) is 4.62. The summed E-state index contributed by atoms with van der Waals surface area (Å²) in [6.45, 7) is 8.89. The molecule has 0 nitrogen and oxygen atoms in total. The number of hydrogen-bond acceptors (Lipinski definition) is 0. The van der Waals surface area contributed by atoms with Gasteiger partial charge in [0.25, 0.3) is 0 Å². The van der Waals surface area contributed by atoms with E-state index in [-0.39, 0.29) is 51.0 Å². The normalized spacial score (nSPS) is 11.2. The van der Waals surface area contributed by atoms with Gasteiger partial charge in [0.1, 0.15) is 0 Å². The van der Waals surface area contributed by atoms with E-state index >= 15 is 0 Å². The molecule has 0 aliphatic heterocycles. The van der Waals surface area contributed by atoms with Gasteiger partial charge in [-0.05, 0) is 19.3 Å². The molecule has 4 aromatic rings. The Balaban J connectivity index is 0.000000456. The van der Waals surface area contributed by atoms with Gasteiger partial charge in [-0.25, -0.2) is 0 Å². The number of hydrogen-bond donors (Lipinski definition) is 0. The van der Waals surface area contributed by atoms with Crippen molar-refractivity contribution >= 4 is 31.1 Å². The molecular weight excluding hydrogens is 503 g/mol. The summed E-state index contributed by atoms with van der Waals surface area (Å²) in [5.74, 6) is 0.630. The minimum absolute atomic E-state index is 0. The van der Waals surface area contributed by atoms with Gasteiger partial charge in [-0.3, -0.25) is 0 Å². The molecule has 1 radical (unpaired) electrons. The molecule has 0 amide bonds. The maximum absolute atomic E-state index is 2.36. The van der Waals surface area contributed by atoms with Gasteiger partial charge in [-0.2, -0.15) is 17.7 Å². The first-order valence-corrected chi connectivity index (χ1v) is 12.5. The molecule has 0 saturated heterocycles. The van der Waals surface area contributed by atoms with Crippen LogP contribution in [0.2, 0.25) is 13.1 Å². The summed E-state index contributed by atoms with van der Waals surface area (Å²) in [5, 5.41) is 5.60. The van der Waals surface area contributed by atoms with E-state index in [4.69, 9.17) is 0 Å². The molecule has 0 heterocycles. The Morgan fingerprint density at radius 1 is 0.867 bits per heavy atom. The van der Waals surface area contributed by atoms with Crippen LogP contribution < -0.4 is 24.8 Å². The van der Waals surface area contributed by atoms with Crippen LogP contribution >= 0.6 is 0 Å². The first-order chi connectivity index (χ1) is 13.1. The van der Waals surface area contributed by atoms with Crippen molar-refractivity contribution in [3.63, 3.8) is 0 Å². The molecule has 0 spiro atoms. The third kappa shape index (κ3) is 7.20. The number of halogens is 2. The molecule has 0 fully saturated rings. The van der Waals surface area contributed by atoms with Crippen molar-refractivity contribution in [1.29, 1.82) is 0 Å². The van der Waals surface area contributed by atoms with Crippen LogP contribution in [0.5, 0.6) is 0 Å². The summed E-state index contributed by atoms with van der Waals surface area (Å²) in [7, 11) is 0.750. The van der Waals surface area contributed by atoms with Crippen molar-refractivity contribution in [2.45, 2.75) is 52.1 Å². The molecule has 30 heavy (non-hydrogen) atoms. The Labute approximate surface area is 216 Å². The first kappa shape index (κ1) is 29.3. The van der Waals surface area contributed by atoms with E-state index in [9.17, 15) is 0 Å². The summed E-state index contributed by atoms with van der Waals surface area (Å²) in [4.78, 5) is 0. The first-order valence-electron chi connectivity index (χ1n) is 10.2. The average Bonchev–Trinajstić information content (AvgIpc) is 3.39. The average molecular weight is 534 g/mol. The number of rotatable bonds is 1. The van der Waals surface area contributed by atoms with Gasteiger partial charge < -0.3 is 24.8 Å². The van der Waals surface area contributed by atoms with Crippen LogP contribution in [0.4, 0.5) is 0 Å². The van der Waals surface area contributed by atoms with Crippen molar-refractivity contribution in [3.05, 3.63) is 83.4 Å². The summed E-state index contributed by atoms with van der Waals surface area (Å²) >= 11 is 0. The summed E-state index contributed by atoms with van der Waals surface area (Å²) < 4.78 is 0. The Bertz CT molecular complexity index is 963. The molecule has 157 valence electrons. The van der Waals surface area contributed by atoms with Crippen LogP contribution in [0.15, 0.2) is 66.7 Å². The molecule has 0 unspecified atom stereocenters. The van der Waals surface area contributed by atoms with Gasteiger partial charge in [-0.15, -0.1) is 70.1 Å². The molecule has 1 aliphatic rings. The fraction of sp³-hybridized carbons (Fsp3) is 0.308. The van der Waals surface area contributed by atoms with Gasteiger partial charge >= 0.3 is 26.2 Å². The Morgan fingerprint density at radius 2 is 1.50 bits per heavy atom. The minimum Gasteiger partial charge on any atom is -1.00 e. The molecule has 0 aromatic heterocycles. The van der Waals surface area contributed by atoms with Gasteiger partial charge in [0.05, 0.1) is 0 Å². The monoisotopic (exact) mass is 531 g/mol. The molecular formula is C26H31Cl2SiZr. The third-order valence-electron chi connectivity index (χ3n) is 5.19. The minimum atomic E-state index is 0. The van der Waals surface area contributed by atoms with Crippen LogP contribution in [0.3, 0.4) is 0 Å². The third-order valence-corrected chi connectivity index (χ3v) is 5.19. The predicted octanol–water partition coefficient (Wildman–Crippen LogP) is 1.25. The van der Waals surface area contributed by atoms with Crippen molar-refractivity contribution < 1.29 is 51.0 Å². The Hall–Kier alpha value is -0.660. The van der Waals surface area contributed by atoms with Crippen molar-refractivity contribution in [1.82, 2.24) is 0 Å². The van der Waals surface area contributed by atoms with E-state index in [0.717, 1.165) is 9.52 Å². The second-order valence-electron chi connectivity index (χ2n) is 7.74. The van der Waals surface area contributed by atoms with E-state index in [1.54, 1.807) is 11.1 Å². The summed E-state index contributed by atoms with van der Waals surface area (Å²) in [6, 6.07) is 24.3. The quantitative estimate of drug-likeness (QED) is 0.255. The zero-order chi connectivity index (χ0) is 19.2. The molecule has 4 heteroatoms. The smallest absolute Gasteiger partial charge is 1.00 e. The van der Waals surface area contributed by atoms with Crippen molar-refractivity contribution in [3.8, 4) is 0 Å². The van der Waals surface area contributed by atoms with E-state index in [1.807, 2.05) is 0 Å². The second kappa shape index (κ2) is 14.4. The SMILES string of the molecule is CC(C)c1c[cH-]c2ccccc12.C[SiH]C.[Cl-].[Cl-].[Zr+4].c1cc2cc3c(cc2[cH-]1)CCC3. The van der Waals surface area contributed by atoms with E-state index in [2.05, 4.69) is 93.7 Å². The van der Waals surface area contributed by atoms with Gasteiger partial charge in [-0.1, -0.05) is 50.1 Å².